The summed E-state index contributed by atoms with van der Waals surface area (Å²) in [6, 6.07) is 34.0. The molecule has 0 heterocycles. The average molecular weight is 589 g/mol. The van der Waals surface area contributed by atoms with Crippen LogP contribution in [0.3, 0.4) is 0 Å². The van der Waals surface area contributed by atoms with Crippen molar-refractivity contribution in [2.75, 3.05) is 34.6 Å². The first-order valence-electron chi connectivity index (χ1n) is 14.3. The Labute approximate surface area is 248 Å². The van der Waals surface area contributed by atoms with Crippen LogP contribution in [0.4, 0.5) is 0 Å². The fourth-order valence-corrected chi connectivity index (χ4v) is 11.5. The van der Waals surface area contributed by atoms with Crippen molar-refractivity contribution in [3.8, 4) is 23.0 Å². The highest BCUT2D eigenvalue weighted by Crippen LogP contribution is 2.50. The lowest BCUT2D eigenvalue weighted by atomic mass is 10.1. The Morgan fingerprint density at radius 3 is 1.27 bits per heavy atom. The molecule has 6 heteroatoms. The maximum absolute atomic E-state index is 5.95. The van der Waals surface area contributed by atoms with Gasteiger partial charge in [-0.05, 0) is 64.8 Å². The lowest BCUT2D eigenvalue weighted by Crippen LogP contribution is -2.26. The van der Waals surface area contributed by atoms with Crippen LogP contribution >= 0.6 is 15.8 Å². The molecular weight excluding hydrogens is 546 g/mol. The molecule has 0 bridgehead atoms. The summed E-state index contributed by atoms with van der Waals surface area (Å²) in [6.07, 6.45) is 5.55. The SMILES string of the molecule is CCCCC(CCP(c1ccccc1OC)c1ccccc1OC)P(c1ccccc1OC)c1ccccc1OC. The van der Waals surface area contributed by atoms with Gasteiger partial charge in [0.05, 0.1) is 28.4 Å². The summed E-state index contributed by atoms with van der Waals surface area (Å²) < 4.78 is 23.7. The maximum atomic E-state index is 5.95. The van der Waals surface area contributed by atoms with Gasteiger partial charge in [-0.15, -0.1) is 0 Å². The Morgan fingerprint density at radius 1 is 0.512 bits per heavy atom. The molecular formula is C35H42O4P2. The van der Waals surface area contributed by atoms with Gasteiger partial charge in [0.2, 0.25) is 0 Å². The van der Waals surface area contributed by atoms with Gasteiger partial charge >= 0.3 is 0 Å². The van der Waals surface area contributed by atoms with Crippen molar-refractivity contribution in [3.63, 3.8) is 0 Å². The number of rotatable bonds is 15. The van der Waals surface area contributed by atoms with E-state index in [4.69, 9.17) is 18.9 Å². The van der Waals surface area contributed by atoms with E-state index in [1.165, 1.54) is 27.6 Å². The molecule has 41 heavy (non-hydrogen) atoms. The van der Waals surface area contributed by atoms with Gasteiger partial charge in [0, 0.05) is 21.2 Å². The molecule has 216 valence electrons. The van der Waals surface area contributed by atoms with Crippen molar-refractivity contribution in [1.29, 1.82) is 0 Å². The van der Waals surface area contributed by atoms with Gasteiger partial charge in [0.1, 0.15) is 23.0 Å². The van der Waals surface area contributed by atoms with Gasteiger partial charge in [0.15, 0.2) is 0 Å². The van der Waals surface area contributed by atoms with Crippen molar-refractivity contribution < 1.29 is 18.9 Å². The van der Waals surface area contributed by atoms with Crippen LogP contribution in [0.2, 0.25) is 0 Å². The topological polar surface area (TPSA) is 36.9 Å². The normalized spacial score (nSPS) is 11.9. The first-order chi connectivity index (χ1) is 20.2. The molecule has 1 unspecified atom stereocenters. The highest BCUT2D eigenvalue weighted by molar-refractivity contribution is 7.74. The summed E-state index contributed by atoms with van der Waals surface area (Å²) in [7, 11) is 5.57. The molecule has 0 aliphatic carbocycles. The number of para-hydroxylation sites is 4. The van der Waals surface area contributed by atoms with Gasteiger partial charge < -0.3 is 18.9 Å². The Balaban J connectivity index is 1.82. The first kappa shape index (κ1) is 30.9. The number of hydrogen-bond donors (Lipinski definition) is 0. The molecule has 0 saturated heterocycles. The zero-order valence-electron chi connectivity index (χ0n) is 24.9. The van der Waals surface area contributed by atoms with Crippen molar-refractivity contribution in [2.24, 2.45) is 0 Å². The molecule has 4 aromatic rings. The summed E-state index contributed by atoms with van der Waals surface area (Å²) in [5.41, 5.74) is 0.437. The maximum Gasteiger partial charge on any atom is 0.126 e. The summed E-state index contributed by atoms with van der Waals surface area (Å²) in [5, 5.41) is 5.05. The minimum atomic E-state index is -0.772. The third-order valence-electron chi connectivity index (χ3n) is 7.38. The zero-order chi connectivity index (χ0) is 29.0. The van der Waals surface area contributed by atoms with E-state index >= 15 is 0 Å². The second-order valence-electron chi connectivity index (χ2n) is 9.79. The second kappa shape index (κ2) is 15.8. The van der Waals surface area contributed by atoms with E-state index in [0.717, 1.165) is 48.4 Å². The Morgan fingerprint density at radius 2 is 0.878 bits per heavy atom. The Kier molecular flexibility index (Phi) is 11.9. The van der Waals surface area contributed by atoms with Crippen LogP contribution in [0.5, 0.6) is 23.0 Å². The minimum absolute atomic E-state index is 0.437. The molecule has 0 spiro atoms. The van der Waals surface area contributed by atoms with Crippen LogP contribution in [-0.2, 0) is 0 Å². The molecule has 0 aliphatic rings. The van der Waals surface area contributed by atoms with E-state index in [2.05, 4.69) is 91.9 Å². The molecule has 0 saturated carbocycles. The number of hydrogen-bond acceptors (Lipinski definition) is 4. The van der Waals surface area contributed by atoms with E-state index < -0.39 is 15.8 Å². The van der Waals surface area contributed by atoms with Gasteiger partial charge in [-0.25, -0.2) is 0 Å². The van der Waals surface area contributed by atoms with Crippen LogP contribution in [0.15, 0.2) is 97.1 Å². The van der Waals surface area contributed by atoms with Crippen LogP contribution < -0.4 is 40.2 Å². The molecule has 1 atom stereocenters. The number of methoxy groups -OCH3 is 4. The van der Waals surface area contributed by atoms with Gasteiger partial charge in [-0.3, -0.25) is 0 Å². The van der Waals surface area contributed by atoms with Crippen LogP contribution in [0.25, 0.3) is 0 Å². The summed E-state index contributed by atoms with van der Waals surface area (Å²) in [5.74, 6) is 3.77. The lowest BCUT2D eigenvalue weighted by molar-refractivity contribution is 0.417. The average Bonchev–Trinajstić information content (AvgIpc) is 3.04. The van der Waals surface area contributed by atoms with E-state index in [9.17, 15) is 0 Å². The molecule has 0 N–H and O–H groups in total. The summed E-state index contributed by atoms with van der Waals surface area (Å²) in [6.45, 7) is 2.28. The number of ether oxygens (including phenoxy) is 4. The smallest absolute Gasteiger partial charge is 0.126 e. The minimum Gasteiger partial charge on any atom is -0.496 e. The van der Waals surface area contributed by atoms with Crippen LogP contribution in [-0.4, -0.2) is 40.3 Å². The van der Waals surface area contributed by atoms with Crippen LogP contribution in [0, 0.1) is 0 Å². The van der Waals surface area contributed by atoms with E-state index in [1.54, 1.807) is 28.4 Å². The standard InChI is InChI=1S/C35H42O4P2/c1-6-7-16-27(41(34-23-14-10-19-30(34)38-4)35-24-15-11-20-31(35)39-5)25-26-40(32-21-12-8-17-28(32)36-2)33-22-13-9-18-29(33)37-3/h8-15,17-24,27H,6-7,16,25-26H2,1-5H3. The van der Waals surface area contributed by atoms with Crippen molar-refractivity contribution in [1.82, 2.24) is 0 Å². The van der Waals surface area contributed by atoms with Crippen molar-refractivity contribution in [3.05, 3.63) is 97.1 Å². The highest BCUT2D eigenvalue weighted by atomic mass is 31.1. The van der Waals surface area contributed by atoms with E-state index in [1.807, 2.05) is 12.1 Å². The van der Waals surface area contributed by atoms with E-state index in [-0.39, 0.29) is 0 Å². The van der Waals surface area contributed by atoms with E-state index in [0.29, 0.717) is 5.66 Å². The highest BCUT2D eigenvalue weighted by Gasteiger charge is 2.31. The monoisotopic (exact) mass is 588 g/mol. The van der Waals surface area contributed by atoms with Crippen molar-refractivity contribution in [2.45, 2.75) is 38.3 Å². The molecule has 0 radical (unpaired) electrons. The molecule has 0 aromatic heterocycles. The second-order valence-corrected chi connectivity index (χ2v) is 14.5. The Bertz CT molecular complexity index is 1280. The predicted octanol–water partition coefficient (Wildman–Crippen LogP) is 7.24. The van der Waals surface area contributed by atoms with Crippen LogP contribution in [0.1, 0.15) is 32.6 Å². The Hall–Kier alpha value is -3.06. The third-order valence-corrected chi connectivity index (χ3v) is 13.0. The summed E-state index contributed by atoms with van der Waals surface area (Å²) in [4.78, 5) is 0. The molecule has 4 nitrogen and oxygen atoms in total. The van der Waals surface area contributed by atoms with Gasteiger partial charge in [-0.2, -0.15) is 0 Å². The molecule has 4 rings (SSSR count). The predicted molar refractivity (Wildman–Crippen MR) is 177 cm³/mol. The quantitative estimate of drug-likeness (QED) is 0.137. The third kappa shape index (κ3) is 7.42. The lowest BCUT2D eigenvalue weighted by Gasteiger charge is -2.32. The fourth-order valence-electron chi connectivity index (χ4n) is 5.38. The number of unbranched alkanes of at least 4 members (excludes halogenated alkanes) is 1. The number of benzene rings is 4. The molecule has 4 aromatic carbocycles. The fraction of sp³-hybridized carbons (Fsp3) is 0.314. The molecule has 0 aliphatic heterocycles. The van der Waals surface area contributed by atoms with Gasteiger partial charge in [0.25, 0.3) is 0 Å². The van der Waals surface area contributed by atoms with Crippen molar-refractivity contribution >= 4 is 37.1 Å². The summed E-state index contributed by atoms with van der Waals surface area (Å²) >= 11 is 0. The largest absolute Gasteiger partial charge is 0.496 e. The van der Waals surface area contributed by atoms with Gasteiger partial charge in [-0.1, -0.05) is 92.6 Å². The zero-order valence-corrected chi connectivity index (χ0v) is 26.7. The first-order valence-corrected chi connectivity index (χ1v) is 17.2. The molecule has 0 amide bonds. The molecule has 0 fully saturated rings.